The van der Waals surface area contributed by atoms with Crippen LogP contribution in [0.1, 0.15) is 62.5 Å². The van der Waals surface area contributed by atoms with E-state index >= 15 is 0 Å². The van der Waals surface area contributed by atoms with Crippen LogP contribution in [0.15, 0.2) is 49.0 Å². The smallest absolute Gasteiger partial charge is 0.303 e. The van der Waals surface area contributed by atoms with Gasteiger partial charge in [0.2, 0.25) is 0 Å². The summed E-state index contributed by atoms with van der Waals surface area (Å²) in [5.74, 6) is -1.03. The molecule has 1 fully saturated rings. The third-order valence-corrected chi connectivity index (χ3v) is 6.90. The van der Waals surface area contributed by atoms with E-state index in [0.29, 0.717) is 18.1 Å². The Morgan fingerprint density at radius 2 is 1.67 bits per heavy atom. The molecular formula is C29H35ClO6. The van der Waals surface area contributed by atoms with Crippen LogP contribution in [0.25, 0.3) is 5.57 Å². The lowest BCUT2D eigenvalue weighted by Gasteiger charge is -2.44. The minimum absolute atomic E-state index is 0.141. The van der Waals surface area contributed by atoms with Gasteiger partial charge in [-0.2, -0.15) is 0 Å². The van der Waals surface area contributed by atoms with E-state index in [1.54, 1.807) is 7.11 Å². The molecule has 0 spiro atoms. The summed E-state index contributed by atoms with van der Waals surface area (Å²) in [7, 11) is 1.65. The van der Waals surface area contributed by atoms with Crippen molar-refractivity contribution in [2.24, 2.45) is 5.92 Å². The van der Waals surface area contributed by atoms with Crippen molar-refractivity contribution in [2.45, 2.75) is 65.0 Å². The number of carbonyl (C=O) groups excluding carboxylic acids is 2. The van der Waals surface area contributed by atoms with E-state index in [9.17, 15) is 9.59 Å². The number of carbonyl (C=O) groups is 2. The Balaban J connectivity index is 1.92. The van der Waals surface area contributed by atoms with Crippen molar-refractivity contribution < 1.29 is 28.5 Å². The third-order valence-electron chi connectivity index (χ3n) is 6.53. The van der Waals surface area contributed by atoms with E-state index in [1.165, 1.54) is 13.8 Å². The van der Waals surface area contributed by atoms with Crippen molar-refractivity contribution in [3.8, 4) is 0 Å². The molecule has 2 aromatic rings. The fourth-order valence-electron chi connectivity index (χ4n) is 4.74. The molecule has 0 radical (unpaired) electrons. The maximum absolute atomic E-state index is 12.0. The number of hydrogen-bond donors (Lipinski definition) is 0. The predicted octanol–water partition coefficient (Wildman–Crippen LogP) is 5.94. The first kappa shape index (κ1) is 27.9. The molecule has 194 valence electrons. The number of hydrogen-bond acceptors (Lipinski definition) is 6. The van der Waals surface area contributed by atoms with Crippen LogP contribution in [-0.2, 0) is 35.0 Å². The molecule has 0 saturated carbocycles. The SMILES string of the molecule is C=C(COC)c1ccc(Cc2cc([C@@H]3O[C@H](CC)[C@@H](C)[C@H](OC(C)=O)[C@H]3OC(C)=O)ccc2Cl)cc1. The lowest BCUT2D eigenvalue weighted by molar-refractivity contribution is -0.225. The molecule has 1 aliphatic heterocycles. The molecule has 0 bridgehead atoms. The largest absolute Gasteiger partial charge is 0.458 e. The van der Waals surface area contributed by atoms with Gasteiger partial charge in [0, 0.05) is 31.9 Å². The molecule has 1 heterocycles. The fourth-order valence-corrected chi connectivity index (χ4v) is 4.92. The lowest BCUT2D eigenvalue weighted by Crippen LogP contribution is -2.52. The highest BCUT2D eigenvalue weighted by Crippen LogP contribution is 2.40. The summed E-state index contributed by atoms with van der Waals surface area (Å²) in [5.41, 5.74) is 4.75. The molecule has 5 atom stereocenters. The third kappa shape index (κ3) is 6.75. The van der Waals surface area contributed by atoms with Crippen LogP contribution in [0.4, 0.5) is 0 Å². The Morgan fingerprint density at radius 1 is 1.03 bits per heavy atom. The number of methoxy groups -OCH3 is 1. The highest BCUT2D eigenvalue weighted by molar-refractivity contribution is 6.31. The van der Waals surface area contributed by atoms with E-state index < -0.39 is 30.3 Å². The van der Waals surface area contributed by atoms with Gasteiger partial charge < -0.3 is 18.9 Å². The van der Waals surface area contributed by atoms with Gasteiger partial charge in [0.25, 0.3) is 0 Å². The normalized spacial score (nSPS) is 23.7. The molecule has 0 amide bonds. The first-order valence-corrected chi connectivity index (χ1v) is 12.6. The minimum Gasteiger partial charge on any atom is -0.458 e. The van der Waals surface area contributed by atoms with Gasteiger partial charge in [0.05, 0.1) is 12.7 Å². The monoisotopic (exact) mass is 514 g/mol. The summed E-state index contributed by atoms with van der Waals surface area (Å²) in [4.78, 5) is 23.9. The maximum Gasteiger partial charge on any atom is 0.303 e. The highest BCUT2D eigenvalue weighted by Gasteiger charge is 2.47. The van der Waals surface area contributed by atoms with Gasteiger partial charge in [0.15, 0.2) is 6.10 Å². The van der Waals surface area contributed by atoms with Crippen LogP contribution in [0, 0.1) is 5.92 Å². The van der Waals surface area contributed by atoms with Gasteiger partial charge in [-0.25, -0.2) is 0 Å². The Morgan fingerprint density at radius 3 is 2.25 bits per heavy atom. The molecule has 36 heavy (non-hydrogen) atoms. The zero-order valence-corrected chi connectivity index (χ0v) is 22.3. The molecule has 0 aliphatic carbocycles. The standard InChI is InChI=1S/C29H35ClO6/c1-7-26-18(3)27(34-19(4)31)29(35-20(5)32)28(36-26)23-12-13-25(30)24(15-23)14-21-8-10-22(11-9-21)17(2)16-33-6/h8-13,15,18,26-29H,2,7,14,16H2,1,3-6H3/t18-,26-,27+,28+,29-/m1/s1. The van der Waals surface area contributed by atoms with Crippen molar-refractivity contribution in [3.05, 3.63) is 76.3 Å². The molecular weight excluding hydrogens is 480 g/mol. The number of halogens is 1. The van der Waals surface area contributed by atoms with Gasteiger partial charge in [-0.1, -0.05) is 68.4 Å². The number of benzene rings is 2. The van der Waals surface area contributed by atoms with E-state index in [4.69, 9.17) is 30.5 Å². The lowest BCUT2D eigenvalue weighted by atomic mass is 9.84. The zero-order chi connectivity index (χ0) is 26.4. The van der Waals surface area contributed by atoms with Crippen LogP contribution >= 0.6 is 11.6 Å². The molecule has 2 aromatic carbocycles. The Bertz CT molecular complexity index is 1080. The van der Waals surface area contributed by atoms with E-state index in [2.05, 4.69) is 6.58 Å². The molecule has 3 rings (SSSR count). The predicted molar refractivity (Wildman–Crippen MR) is 140 cm³/mol. The van der Waals surface area contributed by atoms with Crippen LogP contribution in [-0.4, -0.2) is 44.0 Å². The van der Waals surface area contributed by atoms with Gasteiger partial charge >= 0.3 is 11.9 Å². The summed E-state index contributed by atoms with van der Waals surface area (Å²) in [5, 5.41) is 0.628. The van der Waals surface area contributed by atoms with Gasteiger partial charge in [-0.3, -0.25) is 9.59 Å². The van der Waals surface area contributed by atoms with E-state index in [-0.39, 0.29) is 12.0 Å². The first-order chi connectivity index (χ1) is 17.1. The Labute approximate surface area is 218 Å². The second-order valence-corrected chi connectivity index (χ2v) is 9.68. The highest BCUT2D eigenvalue weighted by atomic mass is 35.5. The van der Waals surface area contributed by atoms with E-state index in [0.717, 1.165) is 34.2 Å². The van der Waals surface area contributed by atoms with Gasteiger partial charge in [-0.15, -0.1) is 0 Å². The van der Waals surface area contributed by atoms with Crippen LogP contribution in [0.2, 0.25) is 5.02 Å². The molecule has 0 aromatic heterocycles. The minimum atomic E-state index is -0.774. The van der Waals surface area contributed by atoms with E-state index in [1.807, 2.05) is 56.3 Å². The summed E-state index contributed by atoms with van der Waals surface area (Å²) in [6.45, 7) is 11.2. The van der Waals surface area contributed by atoms with Crippen molar-refractivity contribution >= 4 is 29.1 Å². The second-order valence-electron chi connectivity index (χ2n) is 9.27. The number of ether oxygens (including phenoxy) is 4. The molecule has 0 unspecified atom stereocenters. The summed E-state index contributed by atoms with van der Waals surface area (Å²) in [6, 6.07) is 13.8. The fraction of sp³-hybridized carbons (Fsp3) is 0.448. The first-order valence-electron chi connectivity index (χ1n) is 12.2. The second kappa shape index (κ2) is 12.5. The summed E-state index contributed by atoms with van der Waals surface area (Å²) < 4.78 is 22.9. The van der Waals surface area contributed by atoms with Gasteiger partial charge in [0.1, 0.15) is 12.2 Å². The average Bonchev–Trinajstić information content (AvgIpc) is 2.83. The zero-order valence-electron chi connectivity index (χ0n) is 21.6. The quantitative estimate of drug-likeness (QED) is 0.386. The van der Waals surface area contributed by atoms with Crippen LogP contribution < -0.4 is 0 Å². The Hall–Kier alpha value is -2.67. The summed E-state index contributed by atoms with van der Waals surface area (Å²) in [6.07, 6.45) is -0.835. The number of rotatable bonds is 9. The van der Waals surface area contributed by atoms with Crippen molar-refractivity contribution in [2.75, 3.05) is 13.7 Å². The summed E-state index contributed by atoms with van der Waals surface area (Å²) >= 11 is 6.58. The van der Waals surface area contributed by atoms with Crippen LogP contribution in [0.3, 0.4) is 0 Å². The molecule has 0 N–H and O–H groups in total. The molecule has 7 heteroatoms. The average molecular weight is 515 g/mol. The number of esters is 2. The van der Waals surface area contributed by atoms with Crippen molar-refractivity contribution in [1.29, 1.82) is 0 Å². The van der Waals surface area contributed by atoms with Crippen molar-refractivity contribution in [3.63, 3.8) is 0 Å². The molecule has 6 nitrogen and oxygen atoms in total. The van der Waals surface area contributed by atoms with Crippen molar-refractivity contribution in [1.82, 2.24) is 0 Å². The maximum atomic E-state index is 12.0. The Kier molecular flexibility index (Phi) is 9.71. The topological polar surface area (TPSA) is 71.1 Å². The molecule has 1 aliphatic rings. The van der Waals surface area contributed by atoms with Gasteiger partial charge in [-0.05, 0) is 46.7 Å². The van der Waals surface area contributed by atoms with Crippen LogP contribution in [0.5, 0.6) is 0 Å². The molecule has 1 saturated heterocycles.